The van der Waals surface area contributed by atoms with Crippen LogP contribution in [0, 0.1) is 0 Å². The minimum Gasteiger partial charge on any atom is -0.486 e. The van der Waals surface area contributed by atoms with Gasteiger partial charge in [0.1, 0.15) is 13.2 Å². The number of nitrogens with two attached hydrogens (primary N) is 1. The summed E-state index contributed by atoms with van der Waals surface area (Å²) in [7, 11) is 0. The Morgan fingerprint density at radius 3 is 2.62 bits per heavy atom. The topological polar surface area (TPSA) is 44.5 Å². The van der Waals surface area contributed by atoms with E-state index in [0.717, 1.165) is 20.2 Å². The number of rotatable bonds is 4. The zero-order valence-corrected chi connectivity index (χ0v) is 14.8. The van der Waals surface area contributed by atoms with Crippen LogP contribution in [-0.2, 0) is 0 Å². The monoisotopic (exact) mass is 385 g/mol. The molecule has 3 rings (SSSR count). The van der Waals surface area contributed by atoms with E-state index >= 15 is 0 Å². The summed E-state index contributed by atoms with van der Waals surface area (Å²) in [6.45, 7) is 3.27. The predicted molar refractivity (Wildman–Crippen MR) is 91.7 cm³/mol. The maximum atomic E-state index is 6.18. The van der Waals surface area contributed by atoms with Crippen LogP contribution in [0.1, 0.15) is 17.1 Å². The Hall–Kier alpha value is -0.690. The van der Waals surface area contributed by atoms with Crippen molar-refractivity contribution >= 4 is 39.0 Å². The molecule has 112 valence electrons. The number of ether oxygens (including phenoxy) is 2. The minimum atomic E-state index is 0.0637. The maximum Gasteiger partial charge on any atom is 0.162 e. The fourth-order valence-corrected chi connectivity index (χ4v) is 4.98. The SMILES string of the molecule is CC(N)C(Sc1ccc2c(c1)OCCO2)c1ccc(Br)s1. The number of halogens is 1. The van der Waals surface area contributed by atoms with Gasteiger partial charge in [-0.3, -0.25) is 0 Å². The van der Waals surface area contributed by atoms with Gasteiger partial charge in [-0.05, 0) is 53.2 Å². The first-order valence-corrected chi connectivity index (χ1v) is 9.19. The fraction of sp³-hybridized carbons (Fsp3) is 0.333. The van der Waals surface area contributed by atoms with Crippen molar-refractivity contribution in [3.05, 3.63) is 39.0 Å². The third kappa shape index (κ3) is 3.56. The second kappa shape index (κ2) is 6.60. The van der Waals surface area contributed by atoms with Crippen LogP contribution >= 0.6 is 39.0 Å². The van der Waals surface area contributed by atoms with Gasteiger partial charge in [0.2, 0.25) is 0 Å². The number of thiophene rings is 1. The molecular formula is C15H16BrNO2S2. The molecule has 3 nitrogen and oxygen atoms in total. The highest BCUT2D eigenvalue weighted by atomic mass is 79.9. The van der Waals surface area contributed by atoms with Gasteiger partial charge < -0.3 is 15.2 Å². The van der Waals surface area contributed by atoms with E-state index in [2.05, 4.69) is 34.1 Å². The number of thioether (sulfide) groups is 1. The van der Waals surface area contributed by atoms with Gasteiger partial charge in [-0.25, -0.2) is 0 Å². The molecule has 2 N–H and O–H groups in total. The number of hydrogen-bond acceptors (Lipinski definition) is 5. The van der Waals surface area contributed by atoms with Crippen LogP contribution in [0.5, 0.6) is 11.5 Å². The van der Waals surface area contributed by atoms with Gasteiger partial charge in [-0.15, -0.1) is 23.1 Å². The number of fused-ring (bicyclic) bond motifs is 1. The molecule has 2 unspecified atom stereocenters. The van der Waals surface area contributed by atoms with Gasteiger partial charge >= 0.3 is 0 Å². The lowest BCUT2D eigenvalue weighted by Crippen LogP contribution is -2.21. The zero-order chi connectivity index (χ0) is 14.8. The second-order valence-electron chi connectivity index (χ2n) is 4.84. The van der Waals surface area contributed by atoms with E-state index in [-0.39, 0.29) is 11.3 Å². The smallest absolute Gasteiger partial charge is 0.162 e. The van der Waals surface area contributed by atoms with Gasteiger partial charge in [0.25, 0.3) is 0 Å². The average Bonchev–Trinajstić information content (AvgIpc) is 2.90. The molecule has 1 aromatic heterocycles. The Bertz CT molecular complexity index is 630. The highest BCUT2D eigenvalue weighted by molar-refractivity contribution is 9.11. The summed E-state index contributed by atoms with van der Waals surface area (Å²) in [6.07, 6.45) is 0. The molecule has 2 heterocycles. The van der Waals surface area contributed by atoms with Crippen molar-refractivity contribution in [1.82, 2.24) is 0 Å². The van der Waals surface area contributed by atoms with Gasteiger partial charge in [0, 0.05) is 15.8 Å². The molecule has 1 aromatic carbocycles. The van der Waals surface area contributed by atoms with E-state index in [1.165, 1.54) is 4.88 Å². The van der Waals surface area contributed by atoms with E-state index in [0.29, 0.717) is 13.2 Å². The van der Waals surface area contributed by atoms with E-state index < -0.39 is 0 Å². The lowest BCUT2D eigenvalue weighted by atomic mass is 10.2. The molecular weight excluding hydrogens is 370 g/mol. The molecule has 2 atom stereocenters. The first-order valence-electron chi connectivity index (χ1n) is 6.70. The summed E-state index contributed by atoms with van der Waals surface area (Å²) < 4.78 is 12.3. The molecule has 21 heavy (non-hydrogen) atoms. The van der Waals surface area contributed by atoms with Crippen molar-refractivity contribution in [2.45, 2.75) is 23.1 Å². The van der Waals surface area contributed by atoms with Gasteiger partial charge in [-0.2, -0.15) is 0 Å². The van der Waals surface area contributed by atoms with E-state index in [1.807, 2.05) is 19.1 Å². The third-order valence-electron chi connectivity index (χ3n) is 3.13. The Kier molecular flexibility index (Phi) is 4.78. The van der Waals surface area contributed by atoms with Crippen molar-refractivity contribution in [3.63, 3.8) is 0 Å². The second-order valence-corrected chi connectivity index (χ2v) is 8.55. The standard InChI is InChI=1S/C15H16BrNO2S2/c1-9(17)15(13-4-5-14(16)21-13)20-10-2-3-11-12(8-10)19-7-6-18-11/h2-5,8-9,15H,6-7,17H2,1H3. The van der Waals surface area contributed by atoms with Crippen LogP contribution in [0.2, 0.25) is 0 Å². The summed E-state index contributed by atoms with van der Waals surface area (Å²) in [5.74, 6) is 1.64. The molecule has 0 aliphatic carbocycles. The van der Waals surface area contributed by atoms with Crippen LogP contribution in [0.15, 0.2) is 39.0 Å². The summed E-state index contributed by atoms with van der Waals surface area (Å²) >= 11 is 7.01. The van der Waals surface area contributed by atoms with E-state index in [9.17, 15) is 0 Å². The van der Waals surface area contributed by atoms with E-state index in [4.69, 9.17) is 15.2 Å². The Balaban J connectivity index is 1.83. The van der Waals surface area contributed by atoms with Gasteiger partial charge in [-0.1, -0.05) is 0 Å². The van der Waals surface area contributed by atoms with Crippen molar-refractivity contribution < 1.29 is 9.47 Å². The molecule has 1 aliphatic rings. The van der Waals surface area contributed by atoms with Crippen LogP contribution in [-0.4, -0.2) is 19.3 Å². The number of hydrogen-bond donors (Lipinski definition) is 1. The first kappa shape index (κ1) is 15.2. The molecule has 2 aromatic rings. The molecule has 0 saturated carbocycles. The van der Waals surface area contributed by atoms with Crippen molar-refractivity contribution in [2.75, 3.05) is 13.2 Å². The zero-order valence-electron chi connectivity index (χ0n) is 11.5. The number of benzene rings is 1. The Morgan fingerprint density at radius 2 is 1.95 bits per heavy atom. The van der Waals surface area contributed by atoms with Crippen molar-refractivity contribution in [2.24, 2.45) is 5.73 Å². The van der Waals surface area contributed by atoms with Gasteiger partial charge in [0.05, 0.1) is 9.04 Å². The molecule has 0 amide bonds. The van der Waals surface area contributed by atoms with Crippen LogP contribution < -0.4 is 15.2 Å². The summed E-state index contributed by atoms with van der Waals surface area (Å²) in [6, 6.07) is 10.3. The molecule has 6 heteroatoms. The Morgan fingerprint density at radius 1 is 1.19 bits per heavy atom. The molecule has 0 radical (unpaired) electrons. The van der Waals surface area contributed by atoms with Crippen LogP contribution in [0.25, 0.3) is 0 Å². The highest BCUT2D eigenvalue weighted by Crippen LogP contribution is 2.43. The van der Waals surface area contributed by atoms with Gasteiger partial charge in [0.15, 0.2) is 11.5 Å². The summed E-state index contributed by atoms with van der Waals surface area (Å²) in [5, 5.41) is 0.226. The van der Waals surface area contributed by atoms with E-state index in [1.54, 1.807) is 23.1 Å². The molecule has 1 aliphatic heterocycles. The molecule has 0 bridgehead atoms. The first-order chi connectivity index (χ1) is 10.1. The third-order valence-corrected chi connectivity index (χ3v) is 6.45. The quantitative estimate of drug-likeness (QED) is 0.788. The minimum absolute atomic E-state index is 0.0637. The summed E-state index contributed by atoms with van der Waals surface area (Å²) in [5.41, 5.74) is 6.18. The van der Waals surface area contributed by atoms with Crippen LogP contribution in [0.4, 0.5) is 0 Å². The summed E-state index contributed by atoms with van der Waals surface area (Å²) in [4.78, 5) is 2.42. The molecule has 0 spiro atoms. The van der Waals surface area contributed by atoms with Crippen LogP contribution in [0.3, 0.4) is 0 Å². The molecule has 0 saturated heterocycles. The van der Waals surface area contributed by atoms with Crippen molar-refractivity contribution in [3.8, 4) is 11.5 Å². The normalized spacial score (nSPS) is 16.5. The lowest BCUT2D eigenvalue weighted by molar-refractivity contribution is 0.171. The highest BCUT2D eigenvalue weighted by Gasteiger charge is 2.21. The maximum absolute atomic E-state index is 6.18. The molecule has 0 fully saturated rings. The fourth-order valence-electron chi connectivity index (χ4n) is 2.15. The predicted octanol–water partition coefficient (Wildman–Crippen LogP) is 4.46. The largest absolute Gasteiger partial charge is 0.486 e. The Labute approximate surface area is 141 Å². The average molecular weight is 386 g/mol. The van der Waals surface area contributed by atoms with Crippen molar-refractivity contribution in [1.29, 1.82) is 0 Å². The lowest BCUT2D eigenvalue weighted by Gasteiger charge is -2.22.